The van der Waals surface area contributed by atoms with Crippen molar-refractivity contribution >= 4 is 22.9 Å². The van der Waals surface area contributed by atoms with Crippen LogP contribution < -0.4 is 5.43 Å². The molecule has 1 aliphatic heterocycles. The number of rotatable bonds is 1. The molecule has 2 aromatic rings. The van der Waals surface area contributed by atoms with Gasteiger partial charge < -0.3 is 9.72 Å². The van der Waals surface area contributed by atoms with Gasteiger partial charge in [0.1, 0.15) is 11.2 Å². The van der Waals surface area contributed by atoms with Gasteiger partial charge in [0.15, 0.2) is 0 Å². The molecule has 0 bridgehead atoms. The van der Waals surface area contributed by atoms with Crippen molar-refractivity contribution in [3.8, 4) is 0 Å². The number of nitrogens with zero attached hydrogens (tertiary/aromatic N) is 2. The number of hydrazine groups is 1. The predicted molar refractivity (Wildman–Crippen MR) is 93.2 cm³/mol. The number of aromatic amines is 1. The molecule has 7 nitrogen and oxygen atoms in total. The van der Waals surface area contributed by atoms with Gasteiger partial charge in [-0.3, -0.25) is 9.59 Å². The minimum atomic E-state index is -0.658. The third-order valence-corrected chi connectivity index (χ3v) is 3.89. The Morgan fingerprint density at radius 1 is 1.12 bits per heavy atom. The second-order valence-corrected chi connectivity index (χ2v) is 6.96. The average Bonchev–Trinajstić information content (AvgIpc) is 3.03. The molecule has 0 atom stereocenters. The van der Waals surface area contributed by atoms with E-state index in [0.29, 0.717) is 30.4 Å². The number of carbonyl (C=O) groups excluding carboxylic acids is 2. The molecule has 25 heavy (non-hydrogen) atoms. The lowest BCUT2D eigenvalue weighted by Crippen LogP contribution is -2.47. The van der Waals surface area contributed by atoms with E-state index in [1.54, 1.807) is 39.0 Å². The molecular formula is C18H21N3O4. The SMILES string of the molecule is CC(C)(C)OC(=O)N1CCCN1C(=O)c1c[nH]c2ccccc2c1=O. The molecule has 1 saturated heterocycles. The molecule has 2 heterocycles. The van der Waals surface area contributed by atoms with Crippen molar-refractivity contribution in [1.82, 2.24) is 15.0 Å². The van der Waals surface area contributed by atoms with Gasteiger partial charge in [-0.15, -0.1) is 0 Å². The lowest BCUT2D eigenvalue weighted by molar-refractivity contribution is -0.0193. The first-order chi connectivity index (χ1) is 11.8. The second kappa shape index (κ2) is 6.23. The molecule has 132 valence electrons. The number of ether oxygens (including phenoxy) is 1. The summed E-state index contributed by atoms with van der Waals surface area (Å²) in [6.07, 6.45) is 1.45. The van der Waals surface area contributed by atoms with Crippen LogP contribution in [0.5, 0.6) is 0 Å². The number of nitrogens with one attached hydrogen (secondary N) is 1. The van der Waals surface area contributed by atoms with E-state index < -0.39 is 17.6 Å². The maximum Gasteiger partial charge on any atom is 0.429 e. The summed E-state index contributed by atoms with van der Waals surface area (Å²) in [5.74, 6) is -0.504. The highest BCUT2D eigenvalue weighted by Gasteiger charge is 2.35. The van der Waals surface area contributed by atoms with Gasteiger partial charge in [0.25, 0.3) is 5.91 Å². The minimum Gasteiger partial charge on any atom is -0.442 e. The molecule has 1 aromatic carbocycles. The quantitative estimate of drug-likeness (QED) is 0.862. The molecule has 0 aliphatic carbocycles. The van der Waals surface area contributed by atoms with E-state index in [9.17, 15) is 14.4 Å². The number of fused-ring (bicyclic) bond motifs is 1. The fourth-order valence-corrected chi connectivity index (χ4v) is 2.79. The van der Waals surface area contributed by atoms with Crippen LogP contribution in [-0.4, -0.2) is 45.7 Å². The van der Waals surface area contributed by atoms with Gasteiger partial charge in [0.2, 0.25) is 5.43 Å². The Labute approximate surface area is 145 Å². The van der Waals surface area contributed by atoms with Gasteiger partial charge in [-0.2, -0.15) is 0 Å². The van der Waals surface area contributed by atoms with Gasteiger partial charge in [0, 0.05) is 30.2 Å². The molecule has 0 radical (unpaired) electrons. The Morgan fingerprint density at radius 2 is 1.80 bits per heavy atom. The maximum absolute atomic E-state index is 12.8. The average molecular weight is 343 g/mol. The van der Waals surface area contributed by atoms with Crippen molar-refractivity contribution in [3.05, 3.63) is 46.2 Å². The number of H-pyrrole nitrogens is 1. The Morgan fingerprint density at radius 3 is 2.52 bits per heavy atom. The molecule has 7 heteroatoms. The van der Waals surface area contributed by atoms with E-state index in [0.717, 1.165) is 0 Å². The first kappa shape index (κ1) is 17.0. The van der Waals surface area contributed by atoms with E-state index in [1.165, 1.54) is 16.2 Å². The number of hydrogen-bond donors (Lipinski definition) is 1. The number of aromatic nitrogens is 1. The number of carbonyl (C=O) groups is 2. The van der Waals surface area contributed by atoms with Gasteiger partial charge in [-0.1, -0.05) is 12.1 Å². The van der Waals surface area contributed by atoms with E-state index in [2.05, 4.69) is 4.98 Å². The molecule has 1 aromatic heterocycles. The number of para-hydroxylation sites is 1. The van der Waals surface area contributed by atoms with Crippen molar-refractivity contribution < 1.29 is 14.3 Å². The largest absolute Gasteiger partial charge is 0.442 e. The molecular weight excluding hydrogens is 322 g/mol. The van der Waals surface area contributed by atoms with E-state index >= 15 is 0 Å². The zero-order valence-electron chi connectivity index (χ0n) is 14.5. The first-order valence-electron chi connectivity index (χ1n) is 8.20. The van der Waals surface area contributed by atoms with Crippen molar-refractivity contribution in [2.45, 2.75) is 32.8 Å². The summed E-state index contributed by atoms with van der Waals surface area (Å²) >= 11 is 0. The van der Waals surface area contributed by atoms with E-state index in [4.69, 9.17) is 4.74 Å². The summed E-state index contributed by atoms with van der Waals surface area (Å²) < 4.78 is 5.35. The van der Waals surface area contributed by atoms with Crippen LogP contribution in [0.3, 0.4) is 0 Å². The summed E-state index contributed by atoms with van der Waals surface area (Å²) in [5.41, 5.74) is -0.339. The zero-order chi connectivity index (χ0) is 18.2. The van der Waals surface area contributed by atoms with Crippen LogP contribution in [0.2, 0.25) is 0 Å². The maximum atomic E-state index is 12.8. The molecule has 0 saturated carbocycles. The van der Waals surface area contributed by atoms with Crippen molar-refractivity contribution in [1.29, 1.82) is 0 Å². The zero-order valence-corrected chi connectivity index (χ0v) is 14.5. The van der Waals surface area contributed by atoms with Crippen molar-refractivity contribution in [2.75, 3.05) is 13.1 Å². The third-order valence-electron chi connectivity index (χ3n) is 3.89. The Bertz CT molecular complexity index is 882. The fourth-order valence-electron chi connectivity index (χ4n) is 2.79. The number of pyridine rings is 1. The van der Waals surface area contributed by atoms with Crippen LogP contribution >= 0.6 is 0 Å². The molecule has 1 aliphatic rings. The fraction of sp³-hybridized carbons (Fsp3) is 0.389. The van der Waals surface area contributed by atoms with Gasteiger partial charge in [-0.05, 0) is 39.3 Å². The van der Waals surface area contributed by atoms with Gasteiger partial charge >= 0.3 is 6.09 Å². The molecule has 2 amide bonds. The molecule has 3 rings (SSSR count). The Balaban J connectivity index is 1.91. The van der Waals surface area contributed by atoms with E-state index in [-0.39, 0.29) is 11.0 Å². The van der Waals surface area contributed by atoms with Crippen LogP contribution in [0.4, 0.5) is 4.79 Å². The first-order valence-corrected chi connectivity index (χ1v) is 8.20. The number of benzene rings is 1. The number of amides is 2. The summed E-state index contributed by atoms with van der Waals surface area (Å²) in [6.45, 7) is 6.04. The smallest absolute Gasteiger partial charge is 0.429 e. The summed E-state index contributed by atoms with van der Waals surface area (Å²) in [4.78, 5) is 40.8. The summed E-state index contributed by atoms with van der Waals surface area (Å²) in [7, 11) is 0. The molecule has 1 N–H and O–H groups in total. The van der Waals surface area contributed by atoms with Crippen LogP contribution in [0.15, 0.2) is 35.3 Å². The summed E-state index contributed by atoms with van der Waals surface area (Å²) in [5, 5.41) is 2.99. The Hall–Kier alpha value is -2.83. The van der Waals surface area contributed by atoms with Gasteiger partial charge in [0.05, 0.1) is 0 Å². The molecule has 0 spiro atoms. The standard InChI is InChI=1S/C18H21N3O4/c1-18(2,3)25-17(24)21-10-6-9-20(21)16(23)13-11-19-14-8-5-4-7-12(14)15(13)22/h4-5,7-8,11H,6,9-10H2,1-3H3,(H,19,22). The van der Waals surface area contributed by atoms with Crippen molar-refractivity contribution in [2.24, 2.45) is 0 Å². The third kappa shape index (κ3) is 3.35. The predicted octanol–water partition coefficient (Wildman–Crippen LogP) is 2.53. The monoisotopic (exact) mass is 343 g/mol. The highest BCUT2D eigenvalue weighted by Crippen LogP contribution is 2.18. The van der Waals surface area contributed by atoms with Crippen LogP contribution in [0, 0.1) is 0 Å². The molecule has 1 fully saturated rings. The topological polar surface area (TPSA) is 82.7 Å². The number of hydrogen-bond acceptors (Lipinski definition) is 4. The second-order valence-electron chi connectivity index (χ2n) is 6.96. The lowest BCUT2D eigenvalue weighted by atomic mass is 10.1. The normalized spacial score (nSPS) is 14.8. The van der Waals surface area contributed by atoms with Crippen LogP contribution in [0.25, 0.3) is 10.9 Å². The van der Waals surface area contributed by atoms with Crippen LogP contribution in [-0.2, 0) is 4.74 Å². The minimum absolute atomic E-state index is 0.00848. The van der Waals surface area contributed by atoms with Gasteiger partial charge in [-0.25, -0.2) is 14.8 Å². The van der Waals surface area contributed by atoms with Crippen molar-refractivity contribution in [3.63, 3.8) is 0 Å². The van der Waals surface area contributed by atoms with Crippen LogP contribution in [0.1, 0.15) is 37.6 Å². The summed E-state index contributed by atoms with van der Waals surface area (Å²) in [6, 6.07) is 6.99. The lowest BCUT2D eigenvalue weighted by Gasteiger charge is -2.30. The Kier molecular flexibility index (Phi) is 4.24. The van der Waals surface area contributed by atoms with E-state index in [1.807, 2.05) is 6.07 Å². The highest BCUT2D eigenvalue weighted by atomic mass is 16.6. The molecule has 0 unspecified atom stereocenters. The highest BCUT2D eigenvalue weighted by molar-refractivity contribution is 5.97.